The van der Waals surface area contributed by atoms with E-state index in [4.69, 9.17) is 21.7 Å². The van der Waals surface area contributed by atoms with E-state index in [-0.39, 0.29) is 11.0 Å². The van der Waals surface area contributed by atoms with Gasteiger partial charge in [0.2, 0.25) is 0 Å². The second kappa shape index (κ2) is 12.4. The van der Waals surface area contributed by atoms with Crippen molar-refractivity contribution in [2.24, 2.45) is 5.92 Å². The van der Waals surface area contributed by atoms with Gasteiger partial charge in [0.15, 0.2) is 5.11 Å². The quantitative estimate of drug-likeness (QED) is 0.323. The Hall–Kier alpha value is -2.90. The molecule has 0 bridgehead atoms. The lowest BCUT2D eigenvalue weighted by molar-refractivity contribution is 0.0973. The molecule has 0 aliphatic rings. The van der Waals surface area contributed by atoms with Crippen LogP contribution in [0.4, 0.5) is 5.69 Å². The van der Waals surface area contributed by atoms with Crippen LogP contribution in [0.15, 0.2) is 77.3 Å². The molecule has 0 aliphatic heterocycles. The first-order chi connectivity index (χ1) is 15.9. The Morgan fingerprint density at radius 1 is 1.00 bits per heavy atom. The molecule has 0 saturated heterocycles. The molecule has 7 heteroatoms. The lowest BCUT2D eigenvalue weighted by Crippen LogP contribution is -2.34. The van der Waals surface area contributed by atoms with Crippen LogP contribution in [0.3, 0.4) is 0 Å². The first kappa shape index (κ1) is 24.7. The van der Waals surface area contributed by atoms with Gasteiger partial charge in [0.25, 0.3) is 5.91 Å². The number of hydrogen-bond acceptors (Lipinski definition) is 4. The molecule has 33 heavy (non-hydrogen) atoms. The number of ether oxygens (including phenoxy) is 2. The van der Waals surface area contributed by atoms with E-state index in [1.54, 1.807) is 12.1 Å². The molecule has 0 heterocycles. The lowest BCUT2D eigenvalue weighted by Gasteiger charge is -2.14. The summed E-state index contributed by atoms with van der Waals surface area (Å²) in [5.74, 6) is 1.31. The van der Waals surface area contributed by atoms with E-state index in [1.807, 2.05) is 60.7 Å². The van der Waals surface area contributed by atoms with Crippen molar-refractivity contribution in [3.63, 3.8) is 0 Å². The van der Waals surface area contributed by atoms with Gasteiger partial charge in [0.05, 0.1) is 18.8 Å². The van der Waals surface area contributed by atoms with Crippen LogP contribution in [-0.4, -0.2) is 24.2 Å². The second-order valence-electron chi connectivity index (χ2n) is 7.87. The molecule has 5 nitrogen and oxygen atoms in total. The number of benzene rings is 3. The summed E-state index contributed by atoms with van der Waals surface area (Å²) in [7, 11) is 0. The molecule has 0 fully saturated rings. The molecule has 0 atom stereocenters. The van der Waals surface area contributed by atoms with Gasteiger partial charge in [-0.15, -0.1) is 0 Å². The molecule has 3 aromatic rings. The fraction of sp³-hybridized carbons (Fsp3) is 0.231. The number of halogens is 1. The van der Waals surface area contributed by atoms with Gasteiger partial charge < -0.3 is 14.8 Å². The van der Waals surface area contributed by atoms with Gasteiger partial charge in [-0.05, 0) is 54.0 Å². The predicted octanol–water partition coefficient (Wildman–Crippen LogP) is 6.23. The third-order valence-electron chi connectivity index (χ3n) is 4.58. The van der Waals surface area contributed by atoms with Crippen molar-refractivity contribution < 1.29 is 14.3 Å². The number of anilines is 1. The van der Waals surface area contributed by atoms with Crippen molar-refractivity contribution in [2.75, 3.05) is 18.5 Å². The highest BCUT2D eigenvalue weighted by molar-refractivity contribution is 9.10. The van der Waals surface area contributed by atoms with Crippen LogP contribution in [0.5, 0.6) is 11.5 Å². The van der Waals surface area contributed by atoms with Crippen molar-refractivity contribution >= 4 is 44.9 Å². The Morgan fingerprint density at radius 2 is 1.79 bits per heavy atom. The summed E-state index contributed by atoms with van der Waals surface area (Å²) >= 11 is 8.78. The summed E-state index contributed by atoms with van der Waals surface area (Å²) in [6.45, 7) is 5.26. The highest BCUT2D eigenvalue weighted by Gasteiger charge is 2.15. The van der Waals surface area contributed by atoms with Crippen molar-refractivity contribution in [1.82, 2.24) is 5.32 Å². The van der Waals surface area contributed by atoms with E-state index >= 15 is 0 Å². The minimum absolute atomic E-state index is 0.191. The molecular weight excluding hydrogens is 500 g/mol. The van der Waals surface area contributed by atoms with Gasteiger partial charge in [0.1, 0.15) is 11.5 Å². The SMILES string of the molecule is CC(C)COc1cccc(NC(=S)NC(=O)c2cc(Br)ccc2OCCc2ccccc2)c1. The molecule has 0 radical (unpaired) electrons. The molecule has 0 unspecified atom stereocenters. The Labute approximate surface area is 208 Å². The topological polar surface area (TPSA) is 59.6 Å². The standard InChI is InChI=1S/C26H27BrN2O3S/c1-18(2)17-32-22-10-6-9-21(16-22)28-26(33)29-25(30)23-15-20(27)11-12-24(23)31-14-13-19-7-4-3-5-8-19/h3-12,15-16,18H,13-14,17H2,1-2H3,(H2,28,29,30,33). The summed E-state index contributed by atoms with van der Waals surface area (Å²) in [5, 5.41) is 5.96. The minimum Gasteiger partial charge on any atom is -0.493 e. The number of carbonyl (C=O) groups excluding carboxylic acids is 1. The van der Waals surface area contributed by atoms with E-state index in [1.165, 1.54) is 5.56 Å². The number of rotatable bonds is 9. The van der Waals surface area contributed by atoms with Crippen LogP contribution in [0.1, 0.15) is 29.8 Å². The number of nitrogens with one attached hydrogen (secondary N) is 2. The van der Waals surface area contributed by atoms with E-state index in [9.17, 15) is 4.79 Å². The molecule has 2 N–H and O–H groups in total. The number of thiocarbonyl (C=S) groups is 1. The normalized spacial score (nSPS) is 10.5. The fourth-order valence-corrected chi connectivity index (χ4v) is 3.56. The zero-order valence-electron chi connectivity index (χ0n) is 18.6. The van der Waals surface area contributed by atoms with Gasteiger partial charge in [-0.1, -0.05) is 66.2 Å². The van der Waals surface area contributed by atoms with Crippen LogP contribution >= 0.6 is 28.1 Å². The van der Waals surface area contributed by atoms with E-state index < -0.39 is 0 Å². The van der Waals surface area contributed by atoms with Crippen LogP contribution < -0.4 is 20.1 Å². The molecular formula is C26H27BrN2O3S. The average Bonchev–Trinajstić information content (AvgIpc) is 2.79. The van der Waals surface area contributed by atoms with E-state index in [0.29, 0.717) is 30.4 Å². The maximum atomic E-state index is 12.9. The summed E-state index contributed by atoms with van der Waals surface area (Å²) in [5.41, 5.74) is 2.30. The van der Waals surface area contributed by atoms with E-state index in [2.05, 4.69) is 40.4 Å². The van der Waals surface area contributed by atoms with Gasteiger partial charge >= 0.3 is 0 Å². The molecule has 0 aliphatic carbocycles. The Balaban J connectivity index is 1.60. The van der Waals surface area contributed by atoms with Gasteiger partial charge in [-0.3, -0.25) is 10.1 Å². The molecule has 172 valence electrons. The lowest BCUT2D eigenvalue weighted by atomic mass is 10.1. The summed E-state index contributed by atoms with van der Waals surface area (Å²) < 4.78 is 12.4. The number of amides is 1. The second-order valence-corrected chi connectivity index (χ2v) is 9.19. The molecule has 1 amide bonds. The minimum atomic E-state index is -0.351. The Morgan fingerprint density at radius 3 is 2.55 bits per heavy atom. The molecule has 0 saturated carbocycles. The molecule has 3 rings (SSSR count). The van der Waals surface area contributed by atoms with Gasteiger partial charge in [-0.2, -0.15) is 0 Å². The van der Waals surface area contributed by atoms with Gasteiger partial charge in [-0.25, -0.2) is 0 Å². The van der Waals surface area contributed by atoms with Crippen LogP contribution in [0.2, 0.25) is 0 Å². The maximum absolute atomic E-state index is 12.9. The Bertz CT molecular complexity index is 1090. The summed E-state index contributed by atoms with van der Waals surface area (Å²) in [6.07, 6.45) is 0.743. The zero-order valence-corrected chi connectivity index (χ0v) is 21.0. The Kier molecular flexibility index (Phi) is 9.27. The third-order valence-corrected chi connectivity index (χ3v) is 5.28. The average molecular weight is 527 g/mol. The first-order valence-corrected chi connectivity index (χ1v) is 11.9. The fourth-order valence-electron chi connectivity index (χ4n) is 2.99. The van der Waals surface area contributed by atoms with Crippen molar-refractivity contribution in [2.45, 2.75) is 20.3 Å². The zero-order chi connectivity index (χ0) is 23.6. The molecule has 0 aromatic heterocycles. The summed E-state index contributed by atoms with van der Waals surface area (Å²) in [4.78, 5) is 12.9. The predicted molar refractivity (Wildman–Crippen MR) is 140 cm³/mol. The van der Waals surface area contributed by atoms with Crippen LogP contribution in [0.25, 0.3) is 0 Å². The maximum Gasteiger partial charge on any atom is 0.261 e. The highest BCUT2D eigenvalue weighted by atomic mass is 79.9. The van der Waals surface area contributed by atoms with Crippen LogP contribution in [-0.2, 0) is 6.42 Å². The van der Waals surface area contributed by atoms with Gasteiger partial charge in [0, 0.05) is 22.6 Å². The first-order valence-electron chi connectivity index (χ1n) is 10.7. The number of carbonyl (C=O) groups is 1. The summed E-state index contributed by atoms with van der Waals surface area (Å²) in [6, 6.07) is 22.9. The van der Waals surface area contributed by atoms with Crippen molar-refractivity contribution in [3.8, 4) is 11.5 Å². The molecule has 3 aromatic carbocycles. The van der Waals surface area contributed by atoms with Crippen molar-refractivity contribution in [1.29, 1.82) is 0 Å². The smallest absolute Gasteiger partial charge is 0.261 e. The largest absolute Gasteiger partial charge is 0.493 e. The van der Waals surface area contributed by atoms with E-state index in [0.717, 1.165) is 22.3 Å². The monoisotopic (exact) mass is 526 g/mol. The van der Waals surface area contributed by atoms with Crippen LogP contribution in [0, 0.1) is 5.92 Å². The highest BCUT2D eigenvalue weighted by Crippen LogP contribution is 2.24. The molecule has 0 spiro atoms. The third kappa shape index (κ3) is 8.18. The van der Waals surface area contributed by atoms with Crippen molar-refractivity contribution in [3.05, 3.63) is 88.4 Å². The number of hydrogen-bond donors (Lipinski definition) is 2.